The third-order valence-electron chi connectivity index (χ3n) is 6.94. The fourth-order valence-corrected chi connectivity index (χ4v) is 5.34. The third-order valence-corrected chi connectivity index (χ3v) is 6.94. The number of hydrogen-bond donors (Lipinski definition) is 2. The highest BCUT2D eigenvalue weighted by atomic mass is 16.6. The smallest absolute Gasteiger partial charge is 0.410 e. The zero-order chi connectivity index (χ0) is 20.8. The van der Waals surface area contributed by atoms with Crippen molar-refractivity contribution in [2.24, 2.45) is 11.8 Å². The van der Waals surface area contributed by atoms with Crippen molar-refractivity contribution in [2.45, 2.75) is 58.1 Å². The number of aryl methyl sites for hydroxylation is 1. The molecule has 3 aliphatic rings. The molecular formula is C22H32N6O2. The molecule has 2 aliphatic heterocycles. The average Bonchev–Trinajstić information content (AvgIpc) is 3.40. The molecule has 1 amide bonds. The van der Waals surface area contributed by atoms with Crippen LogP contribution in [0.3, 0.4) is 0 Å². The maximum atomic E-state index is 12.7. The minimum Gasteiger partial charge on any atom is -0.445 e. The summed E-state index contributed by atoms with van der Waals surface area (Å²) in [6.45, 7) is 9.60. The Morgan fingerprint density at radius 1 is 1.27 bits per heavy atom. The molecule has 4 heterocycles. The summed E-state index contributed by atoms with van der Waals surface area (Å²) in [5, 5.41) is 11.7. The molecule has 3 atom stereocenters. The molecule has 30 heavy (non-hydrogen) atoms. The predicted octanol–water partition coefficient (Wildman–Crippen LogP) is 2.78. The Labute approximate surface area is 177 Å². The number of nitrogens with one attached hydrogen (secondary N) is 2. The first-order chi connectivity index (χ1) is 14.5. The number of amides is 1. The highest BCUT2D eigenvalue weighted by Gasteiger charge is 2.44. The van der Waals surface area contributed by atoms with E-state index >= 15 is 0 Å². The second-order valence-corrected chi connectivity index (χ2v) is 9.44. The van der Waals surface area contributed by atoms with Crippen LogP contribution in [0, 0.1) is 18.8 Å². The van der Waals surface area contributed by atoms with Gasteiger partial charge in [-0.05, 0) is 50.5 Å². The first-order valence-corrected chi connectivity index (χ1v) is 11.3. The number of ether oxygens (including phenoxy) is 1. The van der Waals surface area contributed by atoms with E-state index < -0.39 is 0 Å². The molecule has 3 unspecified atom stereocenters. The number of carbonyl (C=O) groups is 1. The quantitative estimate of drug-likeness (QED) is 0.803. The minimum atomic E-state index is -0.144. The van der Waals surface area contributed by atoms with Crippen molar-refractivity contribution in [3.8, 4) is 0 Å². The van der Waals surface area contributed by atoms with Crippen molar-refractivity contribution < 1.29 is 9.53 Å². The fraction of sp³-hybridized carbons (Fsp3) is 0.682. The maximum Gasteiger partial charge on any atom is 0.410 e. The van der Waals surface area contributed by atoms with Crippen LogP contribution in [0.1, 0.15) is 50.3 Å². The van der Waals surface area contributed by atoms with Crippen molar-refractivity contribution in [1.82, 2.24) is 24.8 Å². The molecule has 3 fully saturated rings. The largest absolute Gasteiger partial charge is 0.445 e. The van der Waals surface area contributed by atoms with Crippen molar-refractivity contribution >= 4 is 17.6 Å². The van der Waals surface area contributed by atoms with Crippen LogP contribution < -0.4 is 10.6 Å². The van der Waals surface area contributed by atoms with Crippen molar-refractivity contribution in [2.75, 3.05) is 31.5 Å². The topological polar surface area (TPSA) is 83.8 Å². The first-order valence-electron chi connectivity index (χ1n) is 11.3. The molecule has 0 radical (unpaired) electrons. The lowest BCUT2D eigenvalue weighted by molar-refractivity contribution is 0.0531. The molecular weight excluding hydrogens is 380 g/mol. The van der Waals surface area contributed by atoms with Gasteiger partial charge in [-0.15, -0.1) is 0 Å². The van der Waals surface area contributed by atoms with Crippen molar-refractivity contribution in [1.29, 1.82) is 0 Å². The SMILES string of the molecule is Cc1cc(NC2C3CCC2CN(C(=O)OC2CCNC2)C3)n2ncc(C(C)C)c2n1. The Morgan fingerprint density at radius 3 is 2.70 bits per heavy atom. The van der Waals surface area contributed by atoms with E-state index in [1.54, 1.807) is 0 Å². The van der Waals surface area contributed by atoms with Gasteiger partial charge in [-0.3, -0.25) is 0 Å². The molecule has 8 nitrogen and oxygen atoms in total. The maximum absolute atomic E-state index is 12.7. The summed E-state index contributed by atoms with van der Waals surface area (Å²) in [6.07, 6.45) is 5.00. The van der Waals surface area contributed by atoms with E-state index in [-0.39, 0.29) is 12.2 Å². The monoisotopic (exact) mass is 412 g/mol. The lowest BCUT2D eigenvalue weighted by atomic mass is 9.92. The number of carbonyl (C=O) groups excluding carboxylic acids is 1. The summed E-state index contributed by atoms with van der Waals surface area (Å²) in [4.78, 5) is 19.3. The zero-order valence-corrected chi connectivity index (χ0v) is 18.1. The number of nitrogens with zero attached hydrogens (tertiary/aromatic N) is 4. The Hall–Kier alpha value is -2.35. The van der Waals surface area contributed by atoms with Crippen LogP contribution in [0.15, 0.2) is 12.3 Å². The Balaban J connectivity index is 1.32. The van der Waals surface area contributed by atoms with Crippen LogP contribution in [-0.4, -0.2) is 63.9 Å². The molecule has 2 saturated heterocycles. The van der Waals surface area contributed by atoms with E-state index in [1.807, 2.05) is 22.5 Å². The molecule has 0 spiro atoms. The summed E-state index contributed by atoms with van der Waals surface area (Å²) in [6, 6.07) is 2.43. The summed E-state index contributed by atoms with van der Waals surface area (Å²) in [7, 11) is 0. The predicted molar refractivity (Wildman–Crippen MR) is 115 cm³/mol. The zero-order valence-electron chi connectivity index (χ0n) is 18.1. The van der Waals surface area contributed by atoms with Gasteiger partial charge in [0.25, 0.3) is 0 Å². The highest BCUT2D eigenvalue weighted by Crippen LogP contribution is 2.39. The van der Waals surface area contributed by atoms with E-state index in [9.17, 15) is 4.79 Å². The second-order valence-electron chi connectivity index (χ2n) is 9.44. The van der Waals surface area contributed by atoms with E-state index in [0.29, 0.717) is 23.8 Å². The van der Waals surface area contributed by atoms with Crippen LogP contribution in [0.5, 0.6) is 0 Å². The van der Waals surface area contributed by atoms with Crippen LogP contribution in [0.25, 0.3) is 5.65 Å². The molecule has 0 aromatic carbocycles. The molecule has 1 aliphatic carbocycles. The van der Waals surface area contributed by atoms with Crippen LogP contribution >= 0.6 is 0 Å². The van der Waals surface area contributed by atoms with Gasteiger partial charge < -0.3 is 20.3 Å². The van der Waals surface area contributed by atoms with Gasteiger partial charge >= 0.3 is 6.09 Å². The standard InChI is InChI=1S/C22H32N6O2/c1-13(2)18-10-24-28-19(8-14(3)25-21(18)28)26-20-15-4-5-16(20)12-27(11-15)22(29)30-17-6-7-23-9-17/h8,10,13,15-17,20,23,26H,4-7,9,11-12H2,1-3H3. The van der Waals surface area contributed by atoms with Crippen LogP contribution in [-0.2, 0) is 4.74 Å². The van der Waals surface area contributed by atoms with E-state index in [2.05, 4.69) is 35.6 Å². The van der Waals surface area contributed by atoms with Gasteiger partial charge in [0, 0.05) is 43.0 Å². The molecule has 2 N–H and O–H groups in total. The molecule has 2 bridgehead atoms. The van der Waals surface area contributed by atoms with Gasteiger partial charge in [0.05, 0.1) is 6.20 Å². The fourth-order valence-electron chi connectivity index (χ4n) is 5.34. The van der Waals surface area contributed by atoms with Crippen molar-refractivity contribution in [3.05, 3.63) is 23.5 Å². The Bertz CT molecular complexity index is 921. The van der Waals surface area contributed by atoms with E-state index in [0.717, 1.165) is 62.6 Å². The number of rotatable bonds is 4. The highest BCUT2D eigenvalue weighted by molar-refractivity contribution is 5.68. The lowest BCUT2D eigenvalue weighted by Gasteiger charge is -2.38. The van der Waals surface area contributed by atoms with Gasteiger partial charge in [-0.1, -0.05) is 13.8 Å². The normalized spacial score (nSPS) is 28.5. The van der Waals surface area contributed by atoms with Gasteiger partial charge in [-0.2, -0.15) is 9.61 Å². The summed E-state index contributed by atoms with van der Waals surface area (Å²) >= 11 is 0. The van der Waals surface area contributed by atoms with E-state index in [1.165, 1.54) is 5.56 Å². The average molecular weight is 413 g/mol. The Morgan fingerprint density at radius 2 is 2.03 bits per heavy atom. The summed E-state index contributed by atoms with van der Waals surface area (Å²) in [5.74, 6) is 2.24. The van der Waals surface area contributed by atoms with Gasteiger partial charge in [0.15, 0.2) is 5.65 Å². The molecule has 5 rings (SSSR count). The lowest BCUT2D eigenvalue weighted by Crippen LogP contribution is -2.51. The number of hydrogen-bond acceptors (Lipinski definition) is 6. The van der Waals surface area contributed by atoms with Gasteiger partial charge in [-0.25, -0.2) is 9.78 Å². The molecule has 162 valence electrons. The number of likely N-dealkylation sites (tertiary alicyclic amines) is 1. The summed E-state index contributed by atoms with van der Waals surface area (Å²) in [5.41, 5.74) is 3.10. The van der Waals surface area contributed by atoms with Crippen molar-refractivity contribution in [3.63, 3.8) is 0 Å². The number of fused-ring (bicyclic) bond motifs is 3. The van der Waals surface area contributed by atoms with Gasteiger partial charge in [0.1, 0.15) is 11.9 Å². The number of aromatic nitrogens is 3. The molecule has 8 heteroatoms. The Kier molecular flexibility index (Phi) is 5.05. The molecule has 2 aromatic heterocycles. The third kappa shape index (κ3) is 3.51. The number of anilines is 1. The van der Waals surface area contributed by atoms with Crippen LogP contribution in [0.4, 0.5) is 10.6 Å². The first kappa shape index (κ1) is 19.6. The molecule has 1 saturated carbocycles. The minimum absolute atomic E-state index is 0.0223. The van der Waals surface area contributed by atoms with E-state index in [4.69, 9.17) is 9.72 Å². The second kappa shape index (κ2) is 7.72. The number of piperidine rings is 1. The van der Waals surface area contributed by atoms with Crippen LogP contribution in [0.2, 0.25) is 0 Å². The summed E-state index contributed by atoms with van der Waals surface area (Å²) < 4.78 is 7.65. The molecule has 2 aromatic rings. The van der Waals surface area contributed by atoms with Gasteiger partial charge in [0.2, 0.25) is 0 Å².